The minimum atomic E-state index is 0. The third kappa shape index (κ3) is 5.02. The lowest BCUT2D eigenvalue weighted by Crippen LogP contribution is -2.42. The van der Waals surface area contributed by atoms with Crippen LogP contribution in [-0.4, -0.2) is 69.7 Å². The van der Waals surface area contributed by atoms with Gasteiger partial charge in [0.15, 0.2) is 11.8 Å². The highest BCUT2D eigenvalue weighted by molar-refractivity contribution is 14.0. The van der Waals surface area contributed by atoms with E-state index in [1.165, 1.54) is 44.2 Å². The van der Waals surface area contributed by atoms with Gasteiger partial charge in [0.25, 0.3) is 0 Å². The maximum atomic E-state index is 4.92. The fourth-order valence-corrected chi connectivity index (χ4v) is 4.09. The Balaban J connectivity index is 0.00000225. The van der Waals surface area contributed by atoms with E-state index in [0.717, 1.165) is 37.0 Å². The smallest absolute Gasteiger partial charge is 0.194 e. The largest absolute Gasteiger partial charge is 0.357 e. The Morgan fingerprint density at radius 3 is 2.89 bits per heavy atom. The second kappa shape index (κ2) is 10.2. The number of H-pyrrole nitrogens is 1. The molecule has 0 aliphatic carbocycles. The molecule has 2 fully saturated rings. The summed E-state index contributed by atoms with van der Waals surface area (Å²) in [5, 5.41) is 10.3. The van der Waals surface area contributed by atoms with Crippen molar-refractivity contribution in [3.63, 3.8) is 0 Å². The summed E-state index contributed by atoms with van der Waals surface area (Å²) < 4.78 is 0. The number of aliphatic imine (C=N–C) groups is 1. The summed E-state index contributed by atoms with van der Waals surface area (Å²) in [5.41, 5.74) is 2.22. The number of hydrogen-bond acceptors (Lipinski definition) is 4. The van der Waals surface area contributed by atoms with Crippen molar-refractivity contribution in [3.05, 3.63) is 36.2 Å². The maximum Gasteiger partial charge on any atom is 0.194 e. The molecule has 0 spiro atoms. The van der Waals surface area contributed by atoms with Crippen LogP contribution in [0.1, 0.15) is 31.7 Å². The van der Waals surface area contributed by atoms with Gasteiger partial charge in [-0.1, -0.05) is 18.2 Å². The van der Waals surface area contributed by atoms with Gasteiger partial charge in [-0.3, -0.25) is 10.00 Å². The minimum absolute atomic E-state index is 0. The second-order valence-corrected chi connectivity index (χ2v) is 7.34. The standard InChI is InChI=1S/C20H29N7.HI/c1-2-21-20(27-11-8-18(14-27)26-9-3-4-10-26)22-13-16-6-5-7-17(12-16)19-23-15-24-25-19;/h5-7,12,15,18H,2-4,8-11,13-14H2,1H3,(H,21,22)(H,23,24,25);1H. The molecule has 1 aromatic carbocycles. The summed E-state index contributed by atoms with van der Waals surface area (Å²) in [6.45, 7) is 8.39. The summed E-state index contributed by atoms with van der Waals surface area (Å²) in [7, 11) is 0. The molecule has 2 N–H and O–H groups in total. The van der Waals surface area contributed by atoms with Crippen LogP contribution in [0.2, 0.25) is 0 Å². The van der Waals surface area contributed by atoms with E-state index in [-0.39, 0.29) is 24.0 Å². The zero-order valence-electron chi connectivity index (χ0n) is 16.5. The topological polar surface area (TPSA) is 72.4 Å². The second-order valence-electron chi connectivity index (χ2n) is 7.34. The van der Waals surface area contributed by atoms with Gasteiger partial charge in [-0.15, -0.1) is 24.0 Å². The lowest BCUT2D eigenvalue weighted by Gasteiger charge is -2.25. The van der Waals surface area contributed by atoms with E-state index < -0.39 is 0 Å². The van der Waals surface area contributed by atoms with Crippen molar-refractivity contribution in [1.82, 2.24) is 30.3 Å². The molecule has 0 saturated carbocycles. The number of halogens is 1. The van der Waals surface area contributed by atoms with Crippen LogP contribution in [-0.2, 0) is 6.54 Å². The molecule has 7 nitrogen and oxygen atoms in total. The Kier molecular flexibility index (Phi) is 7.66. The van der Waals surface area contributed by atoms with Gasteiger partial charge in [0.2, 0.25) is 0 Å². The molecule has 1 aromatic heterocycles. The van der Waals surface area contributed by atoms with Crippen molar-refractivity contribution < 1.29 is 0 Å². The molecule has 0 bridgehead atoms. The molecule has 0 radical (unpaired) electrons. The normalized spacial score (nSPS) is 20.4. The maximum absolute atomic E-state index is 4.92. The van der Waals surface area contributed by atoms with E-state index in [4.69, 9.17) is 4.99 Å². The van der Waals surface area contributed by atoms with Gasteiger partial charge in [-0.05, 0) is 50.9 Å². The van der Waals surface area contributed by atoms with Crippen LogP contribution >= 0.6 is 24.0 Å². The number of benzene rings is 1. The Bertz CT molecular complexity index is 756. The highest BCUT2D eigenvalue weighted by atomic mass is 127. The summed E-state index contributed by atoms with van der Waals surface area (Å²) in [5.74, 6) is 1.82. The average Bonchev–Trinajstić information content (AvgIpc) is 3.46. The molecular formula is C20H30IN7. The lowest BCUT2D eigenvalue weighted by atomic mass is 10.1. The molecule has 2 aliphatic heterocycles. The van der Waals surface area contributed by atoms with Gasteiger partial charge in [0, 0.05) is 31.2 Å². The van der Waals surface area contributed by atoms with Crippen molar-refractivity contribution in [2.45, 2.75) is 38.8 Å². The fourth-order valence-electron chi connectivity index (χ4n) is 4.09. The predicted octanol–water partition coefficient (Wildman–Crippen LogP) is 2.73. The number of rotatable bonds is 5. The molecule has 2 saturated heterocycles. The van der Waals surface area contributed by atoms with Crippen LogP contribution in [0.5, 0.6) is 0 Å². The number of hydrogen-bond donors (Lipinski definition) is 2. The van der Waals surface area contributed by atoms with Crippen LogP contribution < -0.4 is 5.32 Å². The highest BCUT2D eigenvalue weighted by Gasteiger charge is 2.30. The average molecular weight is 495 g/mol. The van der Waals surface area contributed by atoms with E-state index in [0.29, 0.717) is 12.6 Å². The van der Waals surface area contributed by atoms with Gasteiger partial charge < -0.3 is 10.2 Å². The first-order valence-corrected chi connectivity index (χ1v) is 10.1. The molecule has 3 heterocycles. The zero-order chi connectivity index (χ0) is 18.5. The highest BCUT2D eigenvalue weighted by Crippen LogP contribution is 2.21. The van der Waals surface area contributed by atoms with E-state index >= 15 is 0 Å². The molecular weight excluding hydrogens is 465 g/mol. The molecule has 152 valence electrons. The first-order valence-electron chi connectivity index (χ1n) is 10.1. The van der Waals surface area contributed by atoms with Crippen molar-refractivity contribution in [1.29, 1.82) is 0 Å². The van der Waals surface area contributed by atoms with Crippen LogP contribution in [0.15, 0.2) is 35.6 Å². The Hall–Kier alpha value is -1.68. The number of aromatic amines is 1. The number of guanidine groups is 1. The molecule has 2 aromatic rings. The minimum Gasteiger partial charge on any atom is -0.357 e. The number of likely N-dealkylation sites (tertiary alicyclic amines) is 2. The summed E-state index contributed by atoms with van der Waals surface area (Å²) in [6.07, 6.45) is 5.48. The molecule has 1 atom stereocenters. The molecule has 28 heavy (non-hydrogen) atoms. The fraction of sp³-hybridized carbons (Fsp3) is 0.550. The van der Waals surface area contributed by atoms with Gasteiger partial charge in [0.1, 0.15) is 6.33 Å². The first kappa shape index (κ1) is 21.0. The van der Waals surface area contributed by atoms with E-state index in [9.17, 15) is 0 Å². The molecule has 2 aliphatic rings. The lowest BCUT2D eigenvalue weighted by molar-refractivity contribution is 0.249. The SMILES string of the molecule is CCNC(=NCc1cccc(-c2ncn[nH]2)c1)N1CCC(N2CCCC2)C1.I. The van der Waals surface area contributed by atoms with Crippen molar-refractivity contribution in [2.75, 3.05) is 32.7 Å². The monoisotopic (exact) mass is 495 g/mol. The summed E-state index contributed by atoms with van der Waals surface area (Å²) in [4.78, 5) is 14.2. The first-order chi connectivity index (χ1) is 13.3. The Morgan fingerprint density at radius 2 is 2.14 bits per heavy atom. The van der Waals surface area contributed by atoms with E-state index in [1.54, 1.807) is 0 Å². The van der Waals surface area contributed by atoms with Crippen LogP contribution in [0, 0.1) is 0 Å². The third-order valence-corrected chi connectivity index (χ3v) is 5.48. The van der Waals surface area contributed by atoms with Gasteiger partial charge in [-0.25, -0.2) is 9.98 Å². The van der Waals surface area contributed by atoms with Gasteiger partial charge in [-0.2, -0.15) is 5.10 Å². The number of nitrogens with zero attached hydrogens (tertiary/aromatic N) is 5. The predicted molar refractivity (Wildman–Crippen MR) is 123 cm³/mol. The zero-order valence-corrected chi connectivity index (χ0v) is 18.8. The van der Waals surface area contributed by atoms with E-state index in [1.807, 2.05) is 6.07 Å². The summed E-state index contributed by atoms with van der Waals surface area (Å²) in [6, 6.07) is 9.02. The number of aromatic nitrogens is 3. The Morgan fingerprint density at radius 1 is 1.29 bits per heavy atom. The molecule has 4 rings (SSSR count). The summed E-state index contributed by atoms with van der Waals surface area (Å²) >= 11 is 0. The molecule has 8 heteroatoms. The number of nitrogens with one attached hydrogen (secondary N) is 2. The Labute approximate surface area is 184 Å². The van der Waals surface area contributed by atoms with Crippen LogP contribution in [0.4, 0.5) is 0 Å². The van der Waals surface area contributed by atoms with Crippen LogP contribution in [0.3, 0.4) is 0 Å². The molecule has 0 amide bonds. The molecule has 1 unspecified atom stereocenters. The van der Waals surface area contributed by atoms with Gasteiger partial charge >= 0.3 is 0 Å². The third-order valence-electron chi connectivity index (χ3n) is 5.48. The quantitative estimate of drug-likeness (QED) is 0.379. The van der Waals surface area contributed by atoms with Gasteiger partial charge in [0.05, 0.1) is 6.54 Å². The van der Waals surface area contributed by atoms with Crippen molar-refractivity contribution >= 4 is 29.9 Å². The van der Waals surface area contributed by atoms with Crippen molar-refractivity contribution in [3.8, 4) is 11.4 Å². The van der Waals surface area contributed by atoms with Crippen LogP contribution in [0.25, 0.3) is 11.4 Å². The van der Waals surface area contributed by atoms with Crippen molar-refractivity contribution in [2.24, 2.45) is 4.99 Å². The van der Waals surface area contributed by atoms with E-state index in [2.05, 4.69) is 55.4 Å².